The molecule has 0 heterocycles. The topological polar surface area (TPSA) is 57.5 Å². The zero-order chi connectivity index (χ0) is 10.6. The van der Waals surface area contributed by atoms with Gasteiger partial charge in [-0.1, -0.05) is 25.5 Å². The molecule has 3 nitrogen and oxygen atoms in total. The molecule has 2 N–H and O–H groups in total. The third kappa shape index (κ3) is 2.57. The van der Waals surface area contributed by atoms with Gasteiger partial charge in [-0.25, -0.2) is 4.79 Å². The fourth-order valence-corrected chi connectivity index (χ4v) is 1.29. The van der Waals surface area contributed by atoms with E-state index in [1.807, 2.05) is 6.92 Å². The highest BCUT2D eigenvalue weighted by molar-refractivity contribution is 5.87. The maximum Gasteiger partial charge on any atom is 0.335 e. The normalized spacial score (nSPS) is 12.4. The van der Waals surface area contributed by atoms with Crippen molar-refractivity contribution in [2.75, 3.05) is 0 Å². The third-order valence-corrected chi connectivity index (χ3v) is 2.10. The van der Waals surface area contributed by atoms with Gasteiger partial charge < -0.3 is 10.2 Å². The van der Waals surface area contributed by atoms with Gasteiger partial charge in [-0.3, -0.25) is 0 Å². The van der Waals surface area contributed by atoms with Gasteiger partial charge >= 0.3 is 5.97 Å². The molecule has 1 unspecified atom stereocenters. The molecule has 0 spiro atoms. The van der Waals surface area contributed by atoms with Crippen LogP contribution in [0.3, 0.4) is 0 Å². The molecule has 0 aromatic heterocycles. The molecular formula is C11H14O3. The number of hydrogen-bond acceptors (Lipinski definition) is 2. The number of hydrogen-bond donors (Lipinski definition) is 2. The van der Waals surface area contributed by atoms with E-state index in [1.165, 1.54) is 12.1 Å². The molecule has 0 saturated heterocycles. The number of aliphatic hydroxyl groups excluding tert-OH is 1. The third-order valence-electron chi connectivity index (χ3n) is 2.10. The van der Waals surface area contributed by atoms with Crippen molar-refractivity contribution in [2.24, 2.45) is 0 Å². The first-order valence-electron chi connectivity index (χ1n) is 4.66. The van der Waals surface area contributed by atoms with E-state index in [4.69, 9.17) is 5.11 Å². The summed E-state index contributed by atoms with van der Waals surface area (Å²) in [5.74, 6) is -0.943. The Morgan fingerprint density at radius 3 is 2.36 bits per heavy atom. The largest absolute Gasteiger partial charge is 0.478 e. The molecular weight excluding hydrogens is 180 g/mol. The van der Waals surface area contributed by atoms with Crippen molar-refractivity contribution in [1.29, 1.82) is 0 Å². The molecule has 0 aliphatic heterocycles. The van der Waals surface area contributed by atoms with E-state index in [1.54, 1.807) is 12.1 Å². The van der Waals surface area contributed by atoms with Crippen molar-refractivity contribution in [2.45, 2.75) is 25.9 Å². The van der Waals surface area contributed by atoms with E-state index < -0.39 is 12.1 Å². The van der Waals surface area contributed by atoms with Crippen LogP contribution in [0.15, 0.2) is 24.3 Å². The van der Waals surface area contributed by atoms with Crippen LogP contribution in [-0.2, 0) is 0 Å². The van der Waals surface area contributed by atoms with E-state index in [0.29, 0.717) is 6.42 Å². The van der Waals surface area contributed by atoms with Crippen LogP contribution in [0.5, 0.6) is 0 Å². The van der Waals surface area contributed by atoms with Gasteiger partial charge in [-0.2, -0.15) is 0 Å². The van der Waals surface area contributed by atoms with Crippen molar-refractivity contribution in [3.63, 3.8) is 0 Å². The molecule has 14 heavy (non-hydrogen) atoms. The number of rotatable bonds is 4. The molecule has 76 valence electrons. The van der Waals surface area contributed by atoms with Gasteiger partial charge in [0.15, 0.2) is 0 Å². The van der Waals surface area contributed by atoms with Crippen LogP contribution < -0.4 is 0 Å². The summed E-state index contributed by atoms with van der Waals surface area (Å²) in [6.45, 7) is 1.99. The summed E-state index contributed by atoms with van der Waals surface area (Å²) in [6.07, 6.45) is 1.12. The van der Waals surface area contributed by atoms with Crippen molar-refractivity contribution in [3.05, 3.63) is 35.4 Å². The number of carboxylic acid groups (broad SMARTS) is 1. The number of benzene rings is 1. The highest BCUT2D eigenvalue weighted by atomic mass is 16.4. The van der Waals surface area contributed by atoms with Crippen LogP contribution in [0.25, 0.3) is 0 Å². The minimum Gasteiger partial charge on any atom is -0.478 e. The standard InChI is InChI=1S/C11H14O3/c1-2-3-10(12)8-4-6-9(7-5-8)11(13)14/h4-7,10,12H,2-3H2,1H3,(H,13,14). The first kappa shape index (κ1) is 10.7. The van der Waals surface area contributed by atoms with Gasteiger partial charge in [0.25, 0.3) is 0 Å². The Hall–Kier alpha value is -1.35. The first-order chi connectivity index (χ1) is 6.65. The Morgan fingerprint density at radius 2 is 1.93 bits per heavy atom. The molecule has 1 atom stereocenters. The van der Waals surface area contributed by atoms with Crippen LogP contribution in [0, 0.1) is 0 Å². The Balaban J connectivity index is 2.77. The Kier molecular flexibility index (Phi) is 3.65. The number of aliphatic hydroxyl groups is 1. The second-order valence-corrected chi connectivity index (χ2v) is 3.23. The smallest absolute Gasteiger partial charge is 0.335 e. The lowest BCUT2D eigenvalue weighted by Gasteiger charge is -2.09. The average molecular weight is 194 g/mol. The van der Waals surface area contributed by atoms with Crippen molar-refractivity contribution < 1.29 is 15.0 Å². The zero-order valence-corrected chi connectivity index (χ0v) is 8.10. The fraction of sp³-hybridized carbons (Fsp3) is 0.364. The van der Waals surface area contributed by atoms with Crippen molar-refractivity contribution in [3.8, 4) is 0 Å². The monoisotopic (exact) mass is 194 g/mol. The average Bonchev–Trinajstić information content (AvgIpc) is 2.18. The minimum absolute atomic E-state index is 0.248. The Bertz CT molecular complexity index is 303. The molecule has 0 fully saturated rings. The molecule has 1 aromatic carbocycles. The number of aromatic carboxylic acids is 1. The van der Waals surface area contributed by atoms with Gasteiger partial charge in [0.2, 0.25) is 0 Å². The molecule has 0 amide bonds. The first-order valence-corrected chi connectivity index (χ1v) is 4.66. The van der Waals surface area contributed by atoms with Crippen LogP contribution in [0.4, 0.5) is 0 Å². The Labute approximate surface area is 83.0 Å². The van der Waals surface area contributed by atoms with E-state index in [2.05, 4.69) is 0 Å². The summed E-state index contributed by atoms with van der Waals surface area (Å²) in [4.78, 5) is 10.5. The second-order valence-electron chi connectivity index (χ2n) is 3.23. The van der Waals surface area contributed by atoms with Crippen LogP contribution >= 0.6 is 0 Å². The molecule has 1 rings (SSSR count). The summed E-state index contributed by atoms with van der Waals surface area (Å²) in [5.41, 5.74) is 1.02. The molecule has 1 aromatic rings. The molecule has 0 bridgehead atoms. The quantitative estimate of drug-likeness (QED) is 0.772. The predicted molar refractivity (Wildman–Crippen MR) is 53.3 cm³/mol. The van der Waals surface area contributed by atoms with E-state index in [9.17, 15) is 9.90 Å². The highest BCUT2D eigenvalue weighted by Crippen LogP contribution is 2.18. The maximum absolute atomic E-state index is 10.5. The predicted octanol–water partition coefficient (Wildman–Crippen LogP) is 2.22. The van der Waals surface area contributed by atoms with Gasteiger partial charge in [0.1, 0.15) is 0 Å². The van der Waals surface area contributed by atoms with Crippen LogP contribution in [0.1, 0.15) is 41.8 Å². The lowest BCUT2D eigenvalue weighted by molar-refractivity contribution is 0.0696. The summed E-state index contributed by atoms with van der Waals surface area (Å²) in [6, 6.07) is 6.33. The van der Waals surface area contributed by atoms with E-state index in [0.717, 1.165) is 12.0 Å². The number of carbonyl (C=O) groups is 1. The van der Waals surface area contributed by atoms with Gasteiger partial charge in [-0.15, -0.1) is 0 Å². The summed E-state index contributed by atoms with van der Waals surface area (Å²) < 4.78 is 0. The summed E-state index contributed by atoms with van der Waals surface area (Å²) in [5, 5.41) is 18.3. The second kappa shape index (κ2) is 4.77. The van der Waals surface area contributed by atoms with Crippen molar-refractivity contribution >= 4 is 5.97 Å². The van der Waals surface area contributed by atoms with Gasteiger partial charge in [-0.05, 0) is 24.1 Å². The number of carboxylic acids is 1. The lowest BCUT2D eigenvalue weighted by atomic mass is 10.0. The van der Waals surface area contributed by atoms with E-state index >= 15 is 0 Å². The molecule has 0 radical (unpaired) electrons. The molecule has 0 aliphatic carbocycles. The van der Waals surface area contributed by atoms with Crippen LogP contribution in [-0.4, -0.2) is 16.2 Å². The lowest BCUT2D eigenvalue weighted by Crippen LogP contribution is -1.99. The zero-order valence-electron chi connectivity index (χ0n) is 8.10. The fourth-order valence-electron chi connectivity index (χ4n) is 1.29. The summed E-state index contributed by atoms with van der Waals surface area (Å²) >= 11 is 0. The van der Waals surface area contributed by atoms with Gasteiger partial charge in [0.05, 0.1) is 11.7 Å². The molecule has 0 aliphatic rings. The van der Waals surface area contributed by atoms with Crippen molar-refractivity contribution in [1.82, 2.24) is 0 Å². The van der Waals surface area contributed by atoms with Crippen LogP contribution in [0.2, 0.25) is 0 Å². The minimum atomic E-state index is -0.943. The Morgan fingerprint density at radius 1 is 1.36 bits per heavy atom. The van der Waals surface area contributed by atoms with Gasteiger partial charge in [0, 0.05) is 0 Å². The SMILES string of the molecule is CCCC(O)c1ccc(C(=O)O)cc1. The summed E-state index contributed by atoms with van der Waals surface area (Å²) in [7, 11) is 0. The highest BCUT2D eigenvalue weighted by Gasteiger charge is 2.07. The van der Waals surface area contributed by atoms with E-state index in [-0.39, 0.29) is 5.56 Å². The maximum atomic E-state index is 10.5. The molecule has 3 heteroatoms. The molecule has 0 saturated carbocycles.